The molecule has 0 bridgehead atoms. The molecule has 6 heteroatoms. The summed E-state index contributed by atoms with van der Waals surface area (Å²) in [7, 11) is 0. The Morgan fingerprint density at radius 3 is 2.88 bits per heavy atom. The Hall–Kier alpha value is -2.50. The molecule has 78 valence electrons. The third-order valence-electron chi connectivity index (χ3n) is 2.29. The van der Waals surface area contributed by atoms with E-state index in [9.17, 15) is 4.79 Å². The van der Waals surface area contributed by atoms with Gasteiger partial charge in [0.15, 0.2) is 11.3 Å². The van der Waals surface area contributed by atoms with Gasteiger partial charge in [0.2, 0.25) is 0 Å². The molecule has 16 heavy (non-hydrogen) atoms. The van der Waals surface area contributed by atoms with Crippen LogP contribution in [0, 0.1) is 0 Å². The maximum Gasteiger partial charge on any atom is 0.358 e. The van der Waals surface area contributed by atoms with Crippen LogP contribution in [-0.4, -0.2) is 30.9 Å². The minimum atomic E-state index is -1.12. The van der Waals surface area contributed by atoms with E-state index in [1.54, 1.807) is 0 Å². The molecule has 3 aromatic rings. The molecule has 0 saturated heterocycles. The fraction of sp³-hybridized carbons (Fsp3) is 0. The summed E-state index contributed by atoms with van der Waals surface area (Å²) in [5.41, 5.74) is 1.19. The first-order valence-corrected chi connectivity index (χ1v) is 4.60. The van der Waals surface area contributed by atoms with Gasteiger partial charge < -0.3 is 5.11 Å². The molecule has 0 aliphatic carbocycles. The van der Waals surface area contributed by atoms with Crippen molar-refractivity contribution in [3.05, 3.63) is 36.2 Å². The molecule has 0 amide bonds. The van der Waals surface area contributed by atoms with Crippen LogP contribution in [0.5, 0.6) is 0 Å². The van der Waals surface area contributed by atoms with Crippen LogP contribution >= 0.6 is 0 Å². The number of nitrogens with zero attached hydrogens (tertiary/aromatic N) is 4. The highest BCUT2D eigenvalue weighted by Crippen LogP contribution is 2.16. The number of rotatable bonds is 1. The van der Waals surface area contributed by atoms with Gasteiger partial charge >= 0.3 is 5.97 Å². The fourth-order valence-electron chi connectivity index (χ4n) is 1.57. The van der Waals surface area contributed by atoms with Gasteiger partial charge in [-0.3, -0.25) is 0 Å². The molecule has 0 fully saturated rings. The Kier molecular flexibility index (Phi) is 1.64. The first kappa shape index (κ1) is 8.78. The summed E-state index contributed by atoms with van der Waals surface area (Å²) in [6.07, 6.45) is 1.35. The predicted molar refractivity (Wildman–Crippen MR) is 55.2 cm³/mol. The number of carboxylic acid groups (broad SMARTS) is 1. The van der Waals surface area contributed by atoms with E-state index in [2.05, 4.69) is 15.3 Å². The molecule has 2 heterocycles. The zero-order valence-corrected chi connectivity index (χ0v) is 8.03. The predicted octanol–water partition coefficient (Wildman–Crippen LogP) is 0.976. The van der Waals surface area contributed by atoms with Crippen LogP contribution in [0.4, 0.5) is 0 Å². The van der Waals surface area contributed by atoms with E-state index in [1.807, 2.05) is 24.3 Å². The highest BCUT2D eigenvalue weighted by Gasteiger charge is 2.10. The van der Waals surface area contributed by atoms with E-state index in [0.717, 1.165) is 10.9 Å². The van der Waals surface area contributed by atoms with Gasteiger partial charge in [-0.25, -0.2) is 9.31 Å². The lowest BCUT2D eigenvalue weighted by atomic mass is 10.2. The van der Waals surface area contributed by atoms with Gasteiger partial charge in [-0.05, 0) is 12.1 Å². The molecule has 3 rings (SSSR count). The number of benzene rings is 1. The first-order valence-electron chi connectivity index (χ1n) is 4.60. The minimum absolute atomic E-state index is 0.125. The third-order valence-corrected chi connectivity index (χ3v) is 2.29. The molecule has 6 nitrogen and oxygen atoms in total. The first-order chi connectivity index (χ1) is 7.75. The lowest BCUT2D eigenvalue weighted by molar-refractivity contribution is 0.0688. The van der Waals surface area contributed by atoms with Crippen molar-refractivity contribution in [1.82, 2.24) is 19.8 Å². The van der Waals surface area contributed by atoms with Crippen molar-refractivity contribution in [2.24, 2.45) is 0 Å². The van der Waals surface area contributed by atoms with Gasteiger partial charge in [0, 0.05) is 5.39 Å². The van der Waals surface area contributed by atoms with Crippen molar-refractivity contribution in [3.63, 3.8) is 0 Å². The van der Waals surface area contributed by atoms with Gasteiger partial charge in [0.25, 0.3) is 0 Å². The molecule has 0 unspecified atom stereocenters. The Labute approximate surface area is 89.1 Å². The van der Waals surface area contributed by atoms with E-state index in [-0.39, 0.29) is 5.69 Å². The van der Waals surface area contributed by atoms with Gasteiger partial charge in [0.1, 0.15) is 0 Å². The molecule has 0 radical (unpaired) electrons. The second-order valence-corrected chi connectivity index (χ2v) is 3.30. The molecule has 0 aliphatic rings. The number of aromatic nitrogens is 4. The zero-order chi connectivity index (χ0) is 11.1. The molecule has 1 aromatic carbocycles. The summed E-state index contributed by atoms with van der Waals surface area (Å²) in [5, 5.41) is 21.3. The standard InChI is InChI=1S/C10H6N4O2/c15-10(16)8-5-14-9(12-11-8)6-3-1-2-4-7(6)13-14/h1-5H,(H,15,16). The van der Waals surface area contributed by atoms with Crippen molar-refractivity contribution in [3.8, 4) is 0 Å². The van der Waals surface area contributed by atoms with Crippen molar-refractivity contribution < 1.29 is 9.90 Å². The highest BCUT2D eigenvalue weighted by atomic mass is 16.4. The van der Waals surface area contributed by atoms with Crippen molar-refractivity contribution in [1.29, 1.82) is 0 Å². The number of hydrogen-bond acceptors (Lipinski definition) is 4. The quantitative estimate of drug-likeness (QED) is 0.653. The van der Waals surface area contributed by atoms with Crippen LogP contribution in [0.3, 0.4) is 0 Å². The lowest BCUT2D eigenvalue weighted by Crippen LogP contribution is -2.05. The molecule has 0 atom stereocenters. The normalized spacial score (nSPS) is 11.0. The Balaban J connectivity index is 2.41. The summed E-state index contributed by atoms with van der Waals surface area (Å²) in [6.45, 7) is 0. The maximum atomic E-state index is 10.7. The zero-order valence-electron chi connectivity index (χ0n) is 8.03. The molecule has 0 spiro atoms. The van der Waals surface area contributed by atoms with Crippen LogP contribution in [-0.2, 0) is 0 Å². The number of carboxylic acids is 1. The van der Waals surface area contributed by atoms with Crippen molar-refractivity contribution in [2.45, 2.75) is 0 Å². The van der Waals surface area contributed by atoms with E-state index in [1.165, 1.54) is 10.7 Å². The van der Waals surface area contributed by atoms with Crippen molar-refractivity contribution >= 4 is 22.5 Å². The molecule has 0 saturated carbocycles. The van der Waals surface area contributed by atoms with E-state index >= 15 is 0 Å². The van der Waals surface area contributed by atoms with Crippen LogP contribution in [0.1, 0.15) is 10.5 Å². The smallest absolute Gasteiger partial charge is 0.358 e. The van der Waals surface area contributed by atoms with Gasteiger partial charge in [0.05, 0.1) is 11.7 Å². The molecule has 0 aliphatic heterocycles. The Morgan fingerprint density at radius 1 is 1.25 bits per heavy atom. The Morgan fingerprint density at radius 2 is 2.06 bits per heavy atom. The number of aromatic carboxylic acids is 1. The van der Waals surface area contributed by atoms with Gasteiger partial charge in [-0.2, -0.15) is 5.10 Å². The van der Waals surface area contributed by atoms with E-state index in [0.29, 0.717) is 5.65 Å². The summed E-state index contributed by atoms with van der Waals surface area (Å²) < 4.78 is 1.43. The van der Waals surface area contributed by atoms with Crippen LogP contribution in [0.15, 0.2) is 30.5 Å². The third kappa shape index (κ3) is 1.13. The van der Waals surface area contributed by atoms with Crippen LogP contribution < -0.4 is 0 Å². The average Bonchev–Trinajstić information content (AvgIpc) is 2.66. The molecule has 2 aromatic heterocycles. The van der Waals surface area contributed by atoms with Crippen LogP contribution in [0.25, 0.3) is 16.6 Å². The fourth-order valence-corrected chi connectivity index (χ4v) is 1.57. The lowest BCUT2D eigenvalue weighted by Gasteiger charge is -1.93. The van der Waals surface area contributed by atoms with E-state index < -0.39 is 5.97 Å². The average molecular weight is 214 g/mol. The minimum Gasteiger partial charge on any atom is -0.476 e. The van der Waals surface area contributed by atoms with Gasteiger partial charge in [-0.15, -0.1) is 10.2 Å². The number of carbonyl (C=O) groups is 1. The largest absolute Gasteiger partial charge is 0.476 e. The summed E-state index contributed by atoms with van der Waals surface area (Å²) in [5.74, 6) is -1.12. The maximum absolute atomic E-state index is 10.7. The highest BCUT2D eigenvalue weighted by molar-refractivity contribution is 5.92. The number of hydrogen-bond donors (Lipinski definition) is 1. The second-order valence-electron chi connectivity index (χ2n) is 3.30. The summed E-state index contributed by atoms with van der Waals surface area (Å²) in [6, 6.07) is 7.44. The topological polar surface area (TPSA) is 80.4 Å². The summed E-state index contributed by atoms with van der Waals surface area (Å²) >= 11 is 0. The van der Waals surface area contributed by atoms with E-state index in [4.69, 9.17) is 5.11 Å². The molecule has 1 N–H and O–H groups in total. The molecular weight excluding hydrogens is 208 g/mol. The van der Waals surface area contributed by atoms with Gasteiger partial charge in [-0.1, -0.05) is 12.1 Å². The van der Waals surface area contributed by atoms with Crippen LogP contribution in [0.2, 0.25) is 0 Å². The summed E-state index contributed by atoms with van der Waals surface area (Å²) in [4.78, 5) is 10.7. The second kappa shape index (κ2) is 2.99. The molecular formula is C10H6N4O2. The monoisotopic (exact) mass is 214 g/mol. The SMILES string of the molecule is O=C(O)c1cn2nc3ccccc3c2nn1. The van der Waals surface area contributed by atoms with Crippen molar-refractivity contribution in [2.75, 3.05) is 0 Å². The Bertz CT molecular complexity index is 704. The number of fused-ring (bicyclic) bond motifs is 3.